The molecule has 0 aliphatic heterocycles. The van der Waals surface area contributed by atoms with Crippen LogP contribution in [0.5, 0.6) is 0 Å². The average Bonchev–Trinajstić information content (AvgIpc) is 3.16. The van der Waals surface area contributed by atoms with Crippen molar-refractivity contribution in [3.8, 4) is 0 Å². The van der Waals surface area contributed by atoms with E-state index >= 15 is 0 Å². The Bertz CT molecular complexity index is 1580. The first-order valence-corrected chi connectivity index (χ1v) is 13.0. The third-order valence-corrected chi connectivity index (χ3v) is 8.49. The van der Waals surface area contributed by atoms with Crippen LogP contribution in [0.25, 0.3) is 16.8 Å². The Kier molecular flexibility index (Phi) is 6.58. The van der Waals surface area contributed by atoms with Crippen LogP contribution in [0.1, 0.15) is 5.69 Å². The number of benzene rings is 3. The average molecular weight is 553 g/mol. The van der Waals surface area contributed by atoms with Crippen LogP contribution in [-0.4, -0.2) is 14.4 Å². The van der Waals surface area contributed by atoms with Gasteiger partial charge in [0.05, 0.1) is 31.7 Å². The number of aromatic nitrogens is 3. The lowest BCUT2D eigenvalue weighted by Gasteiger charge is -2.13. The van der Waals surface area contributed by atoms with Crippen molar-refractivity contribution in [3.05, 3.63) is 96.8 Å². The zero-order valence-corrected chi connectivity index (χ0v) is 21.3. The van der Waals surface area contributed by atoms with Gasteiger partial charge in [0.25, 0.3) is 5.56 Å². The highest BCUT2D eigenvalue weighted by Gasteiger charge is 2.19. The maximum atomic E-state index is 13.2. The zero-order valence-electron chi connectivity index (χ0n) is 16.6. The molecule has 0 aliphatic rings. The summed E-state index contributed by atoms with van der Waals surface area (Å²) < 4.78 is 1.96. The van der Waals surface area contributed by atoms with E-state index in [1.165, 1.54) is 23.5 Å². The smallest absolute Gasteiger partial charge is 0.266 e. The number of rotatable bonds is 5. The Hall–Kier alpha value is -1.80. The second kappa shape index (κ2) is 9.45. The molecule has 2 aromatic heterocycles. The summed E-state index contributed by atoms with van der Waals surface area (Å²) in [7, 11) is 0. The number of para-hydroxylation sites is 2. The number of hydrogen-bond acceptors (Lipinski definition) is 4. The van der Waals surface area contributed by atoms with Crippen LogP contribution in [0.3, 0.4) is 0 Å². The molecular formula is C23H13Cl4N3OS2. The number of nitrogens with zero attached hydrogens (tertiary/aromatic N) is 2. The molecule has 5 rings (SSSR count). The Morgan fingerprint density at radius 1 is 0.879 bits per heavy atom. The Balaban J connectivity index is 1.70. The fourth-order valence-corrected chi connectivity index (χ4v) is 6.47. The molecule has 0 aliphatic carbocycles. The second-order valence-electron chi connectivity index (χ2n) is 7.03. The Morgan fingerprint density at radius 3 is 2.30 bits per heavy atom. The fraction of sp³-hybridized carbons (Fsp3) is 0.0435. The maximum absolute atomic E-state index is 13.2. The number of H-pyrrole nitrogens is 1. The van der Waals surface area contributed by atoms with Crippen molar-refractivity contribution in [1.29, 1.82) is 0 Å². The molecule has 166 valence electrons. The van der Waals surface area contributed by atoms with E-state index in [0.29, 0.717) is 41.4 Å². The summed E-state index contributed by atoms with van der Waals surface area (Å²) in [5.74, 6) is 0.914. The molecule has 0 fully saturated rings. The molecule has 0 saturated carbocycles. The third-order valence-electron chi connectivity index (χ3n) is 4.89. The molecule has 0 atom stereocenters. The highest BCUT2D eigenvalue weighted by atomic mass is 35.5. The van der Waals surface area contributed by atoms with E-state index in [-0.39, 0.29) is 5.56 Å². The molecule has 4 nitrogen and oxygen atoms in total. The first-order valence-electron chi connectivity index (χ1n) is 9.64. The molecule has 0 amide bonds. The van der Waals surface area contributed by atoms with E-state index in [2.05, 4.69) is 9.97 Å². The van der Waals surface area contributed by atoms with Crippen molar-refractivity contribution in [2.24, 2.45) is 0 Å². The molecule has 0 bridgehead atoms. The van der Waals surface area contributed by atoms with Crippen LogP contribution in [0, 0.1) is 0 Å². The van der Waals surface area contributed by atoms with Crippen LogP contribution >= 0.6 is 69.9 Å². The third kappa shape index (κ3) is 4.61. The van der Waals surface area contributed by atoms with Gasteiger partial charge < -0.3 is 0 Å². The van der Waals surface area contributed by atoms with Gasteiger partial charge >= 0.3 is 0 Å². The quantitative estimate of drug-likeness (QED) is 0.223. The van der Waals surface area contributed by atoms with Crippen LogP contribution < -0.4 is 5.56 Å². The largest absolute Gasteiger partial charge is 0.291 e. The molecule has 2 heterocycles. The van der Waals surface area contributed by atoms with E-state index in [1.54, 1.807) is 30.3 Å². The van der Waals surface area contributed by atoms with Crippen molar-refractivity contribution in [1.82, 2.24) is 14.4 Å². The summed E-state index contributed by atoms with van der Waals surface area (Å²) in [4.78, 5) is 22.7. The maximum Gasteiger partial charge on any atom is 0.266 e. The molecule has 0 spiro atoms. The van der Waals surface area contributed by atoms with Crippen molar-refractivity contribution in [2.75, 3.05) is 0 Å². The highest BCUT2D eigenvalue weighted by Crippen LogP contribution is 2.39. The number of fused-ring (bicyclic) bond motifs is 3. The van der Waals surface area contributed by atoms with Gasteiger partial charge in [0.15, 0.2) is 0 Å². The number of thioether (sulfide) groups is 1. The number of aromatic amines is 1. The lowest BCUT2D eigenvalue weighted by atomic mass is 10.3. The fourth-order valence-electron chi connectivity index (χ4n) is 3.41. The van der Waals surface area contributed by atoms with E-state index in [0.717, 1.165) is 21.6 Å². The minimum absolute atomic E-state index is 0.258. The lowest BCUT2D eigenvalue weighted by Crippen LogP contribution is -2.16. The first-order chi connectivity index (χ1) is 15.9. The molecule has 5 aromatic rings. The minimum atomic E-state index is -0.258. The van der Waals surface area contributed by atoms with Crippen molar-refractivity contribution < 1.29 is 0 Å². The number of imidazole rings is 1. The van der Waals surface area contributed by atoms with Gasteiger partial charge in [-0.05, 0) is 48.5 Å². The summed E-state index contributed by atoms with van der Waals surface area (Å²) in [5.41, 5.74) is 2.18. The second-order valence-corrected chi connectivity index (χ2v) is 10.8. The number of nitrogens with one attached hydrogen (secondary N) is 1. The molecule has 0 saturated heterocycles. The van der Waals surface area contributed by atoms with Gasteiger partial charge in [-0.3, -0.25) is 14.2 Å². The highest BCUT2D eigenvalue weighted by molar-refractivity contribution is 8.00. The Morgan fingerprint density at radius 2 is 1.55 bits per heavy atom. The van der Waals surface area contributed by atoms with Crippen LogP contribution in [0.4, 0.5) is 0 Å². The SMILES string of the molecule is O=c1[nH]c2nc3ccccc3n2c(CSc2cc(Cl)ccc2Cl)c1Sc1cc(Cl)ccc1Cl. The minimum Gasteiger partial charge on any atom is -0.291 e. The summed E-state index contributed by atoms with van der Waals surface area (Å²) in [6, 6.07) is 18.2. The first kappa shape index (κ1) is 23.0. The molecule has 0 radical (unpaired) electrons. The molecule has 33 heavy (non-hydrogen) atoms. The van der Waals surface area contributed by atoms with Gasteiger partial charge in [-0.1, -0.05) is 70.3 Å². The number of hydrogen-bond donors (Lipinski definition) is 1. The van der Waals surface area contributed by atoms with Crippen molar-refractivity contribution >= 4 is 86.7 Å². The standard InChI is InChI=1S/C23H13Cl4N3OS2/c24-12-5-7-14(26)19(9-12)32-11-18-21(33-20-10-13(25)6-8-15(20)27)22(31)29-23-28-16-3-1-2-4-17(16)30(18)23/h1-10H,11H2,(H,28,29,31). The number of halogens is 4. The topological polar surface area (TPSA) is 50.2 Å². The molecular weight excluding hydrogens is 540 g/mol. The zero-order chi connectivity index (χ0) is 23.1. The van der Waals surface area contributed by atoms with Crippen molar-refractivity contribution in [2.45, 2.75) is 20.4 Å². The van der Waals surface area contributed by atoms with Gasteiger partial charge in [0, 0.05) is 25.6 Å². The monoisotopic (exact) mass is 551 g/mol. The predicted molar refractivity (Wildman–Crippen MR) is 140 cm³/mol. The predicted octanol–water partition coefficient (Wildman–Crippen LogP) is 8.23. The molecule has 0 unspecified atom stereocenters. The van der Waals surface area contributed by atoms with Gasteiger partial charge in [-0.25, -0.2) is 4.98 Å². The van der Waals surface area contributed by atoms with Crippen LogP contribution in [-0.2, 0) is 5.75 Å². The summed E-state index contributed by atoms with van der Waals surface area (Å²) in [6.45, 7) is 0. The molecule has 3 aromatic carbocycles. The van der Waals surface area contributed by atoms with Gasteiger partial charge in [-0.2, -0.15) is 0 Å². The lowest BCUT2D eigenvalue weighted by molar-refractivity contribution is 0.954. The van der Waals surface area contributed by atoms with Gasteiger partial charge in [0.1, 0.15) is 0 Å². The van der Waals surface area contributed by atoms with Crippen LogP contribution in [0.2, 0.25) is 20.1 Å². The van der Waals surface area contributed by atoms with E-state index in [4.69, 9.17) is 46.4 Å². The van der Waals surface area contributed by atoms with E-state index < -0.39 is 0 Å². The summed E-state index contributed by atoms with van der Waals surface area (Å²) in [6.07, 6.45) is 0. The summed E-state index contributed by atoms with van der Waals surface area (Å²) >= 11 is 27.9. The van der Waals surface area contributed by atoms with Crippen LogP contribution in [0.15, 0.2) is 80.1 Å². The van der Waals surface area contributed by atoms with E-state index in [9.17, 15) is 4.79 Å². The van der Waals surface area contributed by atoms with Crippen molar-refractivity contribution in [3.63, 3.8) is 0 Å². The molecule has 1 N–H and O–H groups in total. The van der Waals surface area contributed by atoms with E-state index in [1.807, 2.05) is 34.7 Å². The van der Waals surface area contributed by atoms with Gasteiger partial charge in [0.2, 0.25) is 5.78 Å². The Labute approximate surface area is 217 Å². The normalized spacial score (nSPS) is 11.5. The summed E-state index contributed by atoms with van der Waals surface area (Å²) in [5, 5.41) is 2.23. The van der Waals surface area contributed by atoms with Gasteiger partial charge in [-0.15, -0.1) is 11.8 Å². The molecule has 10 heteroatoms.